The van der Waals surface area contributed by atoms with Crippen LogP contribution in [0.5, 0.6) is 0 Å². The molecule has 0 aliphatic carbocycles. The van der Waals surface area contributed by atoms with Gasteiger partial charge in [-0.1, -0.05) is 12.1 Å². The summed E-state index contributed by atoms with van der Waals surface area (Å²) in [6.45, 7) is 0.747. The quantitative estimate of drug-likeness (QED) is 0.661. The molecule has 1 aliphatic heterocycles. The van der Waals surface area contributed by atoms with E-state index in [1.807, 2.05) is 0 Å². The number of halogens is 2. The van der Waals surface area contributed by atoms with Crippen molar-refractivity contribution in [3.63, 3.8) is 0 Å². The van der Waals surface area contributed by atoms with Crippen molar-refractivity contribution < 1.29 is 18.4 Å². The fraction of sp³-hybridized carbons (Fsp3) is 0.158. The summed E-state index contributed by atoms with van der Waals surface area (Å²) in [5, 5.41) is 7.04. The Bertz CT molecular complexity index is 1100. The average molecular weight is 398 g/mol. The third-order valence-corrected chi connectivity index (χ3v) is 4.59. The lowest BCUT2D eigenvalue weighted by Gasteiger charge is -2.28. The van der Waals surface area contributed by atoms with Crippen molar-refractivity contribution in [3.8, 4) is 11.3 Å². The van der Waals surface area contributed by atoms with Gasteiger partial charge in [-0.05, 0) is 24.3 Å². The summed E-state index contributed by atoms with van der Waals surface area (Å²) in [4.78, 5) is 29.7. The van der Waals surface area contributed by atoms with Crippen molar-refractivity contribution in [2.45, 2.75) is 13.1 Å². The molecule has 8 nitrogen and oxygen atoms in total. The predicted molar refractivity (Wildman–Crippen MR) is 99.8 cm³/mol. The van der Waals surface area contributed by atoms with Crippen LogP contribution in [0.15, 0.2) is 42.6 Å². The molecule has 4 rings (SSSR count). The number of primary amides is 1. The Morgan fingerprint density at radius 2 is 1.97 bits per heavy atom. The first-order valence-corrected chi connectivity index (χ1v) is 8.75. The lowest BCUT2D eigenvalue weighted by atomic mass is 10.0. The lowest BCUT2D eigenvalue weighted by molar-refractivity contribution is 0.0997. The number of amides is 3. The number of carbonyl (C=O) groups is 2. The molecular weight excluding hydrogens is 382 g/mol. The zero-order valence-corrected chi connectivity index (χ0v) is 15.1. The highest BCUT2D eigenvalue weighted by Gasteiger charge is 2.29. The number of nitrogens with zero attached hydrogens (tertiary/aromatic N) is 4. The molecule has 0 unspecified atom stereocenters. The molecule has 3 aromatic rings. The Hall–Kier alpha value is -3.82. The van der Waals surface area contributed by atoms with Gasteiger partial charge in [0.25, 0.3) is 5.91 Å². The molecule has 0 saturated carbocycles. The number of aromatic nitrogens is 3. The molecule has 0 saturated heterocycles. The monoisotopic (exact) mass is 398 g/mol. The Morgan fingerprint density at radius 1 is 1.14 bits per heavy atom. The van der Waals surface area contributed by atoms with Gasteiger partial charge in [-0.2, -0.15) is 9.49 Å². The van der Waals surface area contributed by atoms with Crippen LogP contribution in [-0.2, 0) is 13.1 Å². The zero-order valence-electron chi connectivity index (χ0n) is 15.1. The largest absolute Gasteiger partial charge is 0.365 e. The van der Waals surface area contributed by atoms with Crippen LogP contribution in [0.2, 0.25) is 0 Å². The van der Waals surface area contributed by atoms with Crippen LogP contribution in [-0.4, -0.2) is 38.1 Å². The van der Waals surface area contributed by atoms with Gasteiger partial charge in [0.2, 0.25) is 5.95 Å². The molecule has 3 N–H and O–H groups in total. The maximum atomic E-state index is 13.6. The van der Waals surface area contributed by atoms with Gasteiger partial charge in [-0.3, -0.25) is 9.48 Å². The van der Waals surface area contributed by atoms with Crippen LogP contribution in [0.1, 0.15) is 16.1 Å². The summed E-state index contributed by atoms with van der Waals surface area (Å²) in [5.41, 5.74) is 7.23. The van der Waals surface area contributed by atoms with E-state index in [-0.39, 0.29) is 17.8 Å². The molecule has 3 heterocycles. The van der Waals surface area contributed by atoms with Crippen LogP contribution >= 0.6 is 0 Å². The van der Waals surface area contributed by atoms with Gasteiger partial charge >= 0.3 is 6.03 Å². The van der Waals surface area contributed by atoms with Crippen molar-refractivity contribution >= 4 is 17.6 Å². The van der Waals surface area contributed by atoms with E-state index in [2.05, 4.69) is 15.4 Å². The maximum Gasteiger partial charge on any atom is 0.322 e. The van der Waals surface area contributed by atoms with E-state index in [9.17, 15) is 18.4 Å². The van der Waals surface area contributed by atoms with Crippen LogP contribution in [0.25, 0.3) is 11.3 Å². The second-order valence-corrected chi connectivity index (χ2v) is 6.49. The van der Waals surface area contributed by atoms with Crippen molar-refractivity contribution in [1.29, 1.82) is 0 Å². The molecule has 29 heavy (non-hydrogen) atoms. The van der Waals surface area contributed by atoms with Gasteiger partial charge in [0.15, 0.2) is 0 Å². The second kappa shape index (κ2) is 7.30. The predicted octanol–water partition coefficient (Wildman–Crippen LogP) is 2.37. The van der Waals surface area contributed by atoms with E-state index in [0.717, 1.165) is 6.07 Å². The molecule has 0 fully saturated rings. The average Bonchev–Trinajstić information content (AvgIpc) is 3.08. The Morgan fingerprint density at radius 3 is 2.66 bits per heavy atom. The molecule has 1 aliphatic rings. The Labute approximate surface area is 163 Å². The van der Waals surface area contributed by atoms with Crippen molar-refractivity contribution in [3.05, 3.63) is 65.6 Å². The highest BCUT2D eigenvalue weighted by Crippen LogP contribution is 2.28. The highest BCUT2D eigenvalue weighted by atomic mass is 19.1. The van der Waals surface area contributed by atoms with E-state index < -0.39 is 23.7 Å². The normalized spacial score (nSPS) is 13.1. The van der Waals surface area contributed by atoms with E-state index in [0.29, 0.717) is 30.0 Å². The molecule has 2 aromatic heterocycles. The summed E-state index contributed by atoms with van der Waals surface area (Å²) in [7, 11) is 0. The smallest absolute Gasteiger partial charge is 0.322 e. The number of nitrogens with two attached hydrogens (primary N) is 1. The summed E-state index contributed by atoms with van der Waals surface area (Å²) < 4.78 is 28.1. The molecule has 3 amide bonds. The number of hydrogen-bond donors (Lipinski definition) is 2. The summed E-state index contributed by atoms with van der Waals surface area (Å²) >= 11 is 0. The fourth-order valence-electron chi connectivity index (χ4n) is 3.24. The van der Waals surface area contributed by atoms with Gasteiger partial charge in [-0.15, -0.1) is 0 Å². The molecule has 0 bridgehead atoms. The number of rotatable bonds is 3. The van der Waals surface area contributed by atoms with E-state index in [1.54, 1.807) is 10.7 Å². The number of anilines is 1. The summed E-state index contributed by atoms with van der Waals surface area (Å²) in [6.07, 6.45) is 1.21. The van der Waals surface area contributed by atoms with Gasteiger partial charge < -0.3 is 16.0 Å². The van der Waals surface area contributed by atoms with Crippen molar-refractivity contribution in [2.75, 3.05) is 11.9 Å². The number of nitrogens with one attached hydrogen (secondary N) is 1. The zero-order chi connectivity index (χ0) is 20.5. The molecule has 148 valence electrons. The lowest BCUT2D eigenvalue weighted by Crippen LogP contribution is -2.41. The Kier molecular flexibility index (Phi) is 4.67. The number of fused-ring (bicyclic) bond motifs is 1. The minimum absolute atomic E-state index is 0.0844. The van der Waals surface area contributed by atoms with Crippen molar-refractivity contribution in [2.24, 2.45) is 5.73 Å². The topological polar surface area (TPSA) is 106 Å². The first-order chi connectivity index (χ1) is 13.9. The third kappa shape index (κ3) is 3.64. The molecular formula is C19H16F2N6O2. The van der Waals surface area contributed by atoms with Gasteiger partial charge in [0.05, 0.1) is 36.2 Å². The van der Waals surface area contributed by atoms with Crippen molar-refractivity contribution in [1.82, 2.24) is 19.7 Å². The minimum atomic E-state index is -0.712. The SMILES string of the molecule is NC(=O)c1c(-c2cccc(F)c2)nn2c1CN(C(=O)Nc1ccc(F)nc1)CC2. The number of urea groups is 1. The standard InChI is InChI=1S/C19H16F2N6O2/c20-12-3-1-2-11(8-12)17-16(18(22)28)14-10-26(6-7-27(14)25-17)19(29)24-13-4-5-15(21)23-9-13/h1-5,8-9H,6-7,10H2,(H2,22,28)(H,24,29). The molecule has 0 atom stereocenters. The molecule has 10 heteroatoms. The fourth-order valence-corrected chi connectivity index (χ4v) is 3.24. The number of carbonyl (C=O) groups excluding carboxylic acids is 2. The second-order valence-electron chi connectivity index (χ2n) is 6.49. The van der Waals surface area contributed by atoms with Crippen LogP contribution in [0.3, 0.4) is 0 Å². The van der Waals surface area contributed by atoms with Crippen LogP contribution < -0.4 is 11.1 Å². The number of hydrogen-bond acceptors (Lipinski definition) is 4. The van der Waals surface area contributed by atoms with Crippen LogP contribution in [0, 0.1) is 11.8 Å². The van der Waals surface area contributed by atoms with Gasteiger partial charge in [0.1, 0.15) is 11.5 Å². The third-order valence-electron chi connectivity index (χ3n) is 4.59. The number of pyridine rings is 1. The van der Waals surface area contributed by atoms with Gasteiger partial charge in [-0.25, -0.2) is 14.2 Å². The van der Waals surface area contributed by atoms with E-state index in [4.69, 9.17) is 5.73 Å². The first-order valence-electron chi connectivity index (χ1n) is 8.75. The van der Waals surface area contributed by atoms with Crippen LogP contribution in [0.4, 0.5) is 19.3 Å². The molecule has 0 radical (unpaired) electrons. The molecule has 1 aromatic carbocycles. The maximum absolute atomic E-state index is 13.6. The number of benzene rings is 1. The summed E-state index contributed by atoms with van der Waals surface area (Å²) in [5.74, 6) is -1.82. The Balaban J connectivity index is 1.62. The highest BCUT2D eigenvalue weighted by molar-refractivity contribution is 6.00. The van der Waals surface area contributed by atoms with E-state index >= 15 is 0 Å². The summed E-state index contributed by atoms with van der Waals surface area (Å²) in [6, 6.07) is 7.81. The van der Waals surface area contributed by atoms with Gasteiger partial charge in [0, 0.05) is 12.1 Å². The minimum Gasteiger partial charge on any atom is -0.365 e. The first kappa shape index (κ1) is 18.5. The van der Waals surface area contributed by atoms with E-state index in [1.165, 1.54) is 35.4 Å². The molecule has 0 spiro atoms.